The molecule has 0 fully saturated rings. The average Bonchev–Trinajstić information content (AvgIpc) is 2.56. The predicted octanol–water partition coefficient (Wildman–Crippen LogP) is 4.08. The van der Waals surface area contributed by atoms with E-state index >= 15 is 0 Å². The van der Waals surface area contributed by atoms with Crippen molar-refractivity contribution in [3.05, 3.63) is 59.7 Å². The minimum absolute atomic E-state index is 0.130. The van der Waals surface area contributed by atoms with Gasteiger partial charge >= 0.3 is 0 Å². The fraction of sp³-hybridized carbons (Fsp3) is 0.278. The Morgan fingerprint density at radius 1 is 1.00 bits per heavy atom. The van der Waals surface area contributed by atoms with E-state index in [1.165, 1.54) is 0 Å². The molecule has 0 spiro atoms. The lowest BCUT2D eigenvalue weighted by Gasteiger charge is -2.16. The first-order valence-corrected chi connectivity index (χ1v) is 7.02. The molecule has 0 saturated carbocycles. The summed E-state index contributed by atoms with van der Waals surface area (Å²) in [6, 6.07) is 15.0. The van der Waals surface area contributed by atoms with E-state index in [0.717, 1.165) is 17.5 Å². The Hall–Kier alpha value is -2.29. The summed E-state index contributed by atoms with van der Waals surface area (Å²) < 4.78 is 10.6. The number of Topliss-reactive ketones (excluding diaryl/α,β-unsaturated/α-hetero) is 1. The molecule has 0 radical (unpaired) electrons. The van der Waals surface area contributed by atoms with Crippen molar-refractivity contribution >= 4 is 5.78 Å². The van der Waals surface area contributed by atoms with Crippen LogP contribution in [0, 0.1) is 0 Å². The van der Waals surface area contributed by atoms with Crippen LogP contribution in [0.4, 0.5) is 0 Å². The van der Waals surface area contributed by atoms with E-state index in [2.05, 4.69) is 0 Å². The van der Waals surface area contributed by atoms with Gasteiger partial charge in [-0.05, 0) is 24.1 Å². The number of carbonyl (C=O) groups is 1. The van der Waals surface area contributed by atoms with Crippen molar-refractivity contribution < 1.29 is 14.3 Å². The van der Waals surface area contributed by atoms with E-state index in [1.54, 1.807) is 14.2 Å². The molecule has 0 saturated heterocycles. The zero-order chi connectivity index (χ0) is 15.2. The second-order valence-corrected chi connectivity index (χ2v) is 4.81. The molecular formula is C18H20O3. The van der Waals surface area contributed by atoms with Crippen LogP contribution in [0.1, 0.15) is 35.2 Å². The Morgan fingerprint density at radius 3 is 2.24 bits per heavy atom. The molecule has 0 aliphatic carbocycles. The van der Waals surface area contributed by atoms with Gasteiger partial charge in [-0.15, -0.1) is 0 Å². The normalized spacial score (nSPS) is 11.8. The minimum atomic E-state index is -0.174. The summed E-state index contributed by atoms with van der Waals surface area (Å²) in [6.07, 6.45) is 0.739. The standard InChI is InChI=1S/C18H20O3/c1-4-15(18(19)13-8-6-5-7-9-13)14-10-11-16(20-2)17(12-14)21-3/h5-12,15H,4H2,1-3H3/t15-/m1/s1. The second kappa shape index (κ2) is 6.93. The van der Waals surface area contributed by atoms with Gasteiger partial charge in [0.2, 0.25) is 0 Å². The van der Waals surface area contributed by atoms with Crippen molar-refractivity contribution in [2.24, 2.45) is 0 Å². The first kappa shape index (κ1) is 15.1. The SMILES string of the molecule is CC[C@@H](C(=O)c1ccccc1)c1ccc(OC)c(OC)c1. The van der Waals surface area contributed by atoms with Crippen molar-refractivity contribution in [2.75, 3.05) is 14.2 Å². The van der Waals surface area contributed by atoms with Gasteiger partial charge in [-0.25, -0.2) is 0 Å². The smallest absolute Gasteiger partial charge is 0.170 e. The molecule has 0 heterocycles. The maximum atomic E-state index is 12.7. The van der Waals surface area contributed by atoms with Crippen LogP contribution in [0.5, 0.6) is 11.5 Å². The van der Waals surface area contributed by atoms with Gasteiger partial charge in [0.15, 0.2) is 17.3 Å². The molecule has 0 bridgehead atoms. The fourth-order valence-electron chi connectivity index (χ4n) is 2.45. The molecule has 1 atom stereocenters. The second-order valence-electron chi connectivity index (χ2n) is 4.81. The molecule has 0 unspecified atom stereocenters. The van der Waals surface area contributed by atoms with Crippen molar-refractivity contribution in [1.82, 2.24) is 0 Å². The lowest BCUT2D eigenvalue weighted by atomic mass is 9.88. The van der Waals surface area contributed by atoms with E-state index in [0.29, 0.717) is 11.5 Å². The topological polar surface area (TPSA) is 35.5 Å². The van der Waals surface area contributed by atoms with E-state index < -0.39 is 0 Å². The number of ether oxygens (including phenoxy) is 2. The third-order valence-corrected chi connectivity index (χ3v) is 3.59. The average molecular weight is 284 g/mol. The molecule has 2 aromatic rings. The predicted molar refractivity (Wildman–Crippen MR) is 83.4 cm³/mol. The molecule has 0 aliphatic heterocycles. The molecule has 3 nitrogen and oxygen atoms in total. The van der Waals surface area contributed by atoms with Crippen LogP contribution >= 0.6 is 0 Å². The van der Waals surface area contributed by atoms with Crippen LogP contribution in [-0.2, 0) is 0 Å². The molecule has 2 rings (SSSR count). The molecule has 0 aromatic heterocycles. The summed E-state index contributed by atoms with van der Waals surface area (Å²) in [4.78, 5) is 12.7. The lowest BCUT2D eigenvalue weighted by Crippen LogP contribution is -2.12. The molecule has 21 heavy (non-hydrogen) atoms. The number of carbonyl (C=O) groups excluding carboxylic acids is 1. The van der Waals surface area contributed by atoms with Gasteiger partial charge in [-0.1, -0.05) is 43.3 Å². The van der Waals surface area contributed by atoms with Gasteiger partial charge in [-0.2, -0.15) is 0 Å². The van der Waals surface area contributed by atoms with Gasteiger partial charge in [0.1, 0.15) is 0 Å². The van der Waals surface area contributed by atoms with Crippen molar-refractivity contribution in [1.29, 1.82) is 0 Å². The summed E-state index contributed by atoms with van der Waals surface area (Å²) in [5, 5.41) is 0. The van der Waals surface area contributed by atoms with Crippen LogP contribution in [0.3, 0.4) is 0 Å². The summed E-state index contributed by atoms with van der Waals surface area (Å²) in [6.45, 7) is 2.02. The van der Waals surface area contributed by atoms with Gasteiger partial charge in [0.05, 0.1) is 14.2 Å². The highest BCUT2D eigenvalue weighted by atomic mass is 16.5. The van der Waals surface area contributed by atoms with Crippen LogP contribution < -0.4 is 9.47 Å². The molecule has 0 amide bonds. The van der Waals surface area contributed by atoms with Crippen molar-refractivity contribution in [3.8, 4) is 11.5 Å². The molecule has 0 N–H and O–H groups in total. The Morgan fingerprint density at radius 2 is 1.67 bits per heavy atom. The summed E-state index contributed by atoms with van der Waals surface area (Å²) >= 11 is 0. The van der Waals surface area contributed by atoms with Crippen molar-refractivity contribution in [2.45, 2.75) is 19.3 Å². The monoisotopic (exact) mass is 284 g/mol. The lowest BCUT2D eigenvalue weighted by molar-refractivity contribution is 0.0957. The largest absolute Gasteiger partial charge is 0.493 e. The van der Waals surface area contributed by atoms with Gasteiger partial charge in [0.25, 0.3) is 0 Å². The number of hydrogen-bond donors (Lipinski definition) is 0. The van der Waals surface area contributed by atoms with E-state index in [1.807, 2.05) is 55.5 Å². The van der Waals surface area contributed by atoms with Crippen molar-refractivity contribution in [3.63, 3.8) is 0 Å². The Kier molecular flexibility index (Phi) is 4.99. The molecule has 2 aromatic carbocycles. The van der Waals surface area contributed by atoms with Crippen LogP contribution in [0.15, 0.2) is 48.5 Å². The first-order chi connectivity index (χ1) is 10.2. The Balaban J connectivity index is 2.35. The zero-order valence-electron chi connectivity index (χ0n) is 12.6. The van der Waals surface area contributed by atoms with E-state index in [9.17, 15) is 4.79 Å². The zero-order valence-corrected chi connectivity index (χ0v) is 12.6. The molecule has 0 aliphatic rings. The highest BCUT2D eigenvalue weighted by Gasteiger charge is 2.21. The molecule has 110 valence electrons. The number of methoxy groups -OCH3 is 2. The Bertz CT molecular complexity index is 605. The maximum absolute atomic E-state index is 12.7. The van der Waals surface area contributed by atoms with E-state index in [-0.39, 0.29) is 11.7 Å². The van der Waals surface area contributed by atoms with Gasteiger partial charge in [0, 0.05) is 11.5 Å². The molecule has 3 heteroatoms. The number of benzene rings is 2. The number of hydrogen-bond acceptors (Lipinski definition) is 3. The first-order valence-electron chi connectivity index (χ1n) is 7.02. The van der Waals surface area contributed by atoms with Crippen LogP contribution in [0.2, 0.25) is 0 Å². The minimum Gasteiger partial charge on any atom is -0.493 e. The third kappa shape index (κ3) is 3.24. The number of rotatable bonds is 6. The maximum Gasteiger partial charge on any atom is 0.170 e. The third-order valence-electron chi connectivity index (χ3n) is 3.59. The van der Waals surface area contributed by atoms with Gasteiger partial charge < -0.3 is 9.47 Å². The quantitative estimate of drug-likeness (QED) is 0.750. The molecular weight excluding hydrogens is 264 g/mol. The summed E-state index contributed by atoms with van der Waals surface area (Å²) in [5.41, 5.74) is 1.68. The Labute approximate surface area is 125 Å². The highest BCUT2D eigenvalue weighted by molar-refractivity contribution is 6.01. The highest BCUT2D eigenvalue weighted by Crippen LogP contribution is 2.33. The van der Waals surface area contributed by atoms with Crippen LogP contribution in [-0.4, -0.2) is 20.0 Å². The van der Waals surface area contributed by atoms with Crippen LogP contribution in [0.25, 0.3) is 0 Å². The summed E-state index contributed by atoms with van der Waals surface area (Å²) in [5.74, 6) is 1.27. The fourth-order valence-corrected chi connectivity index (χ4v) is 2.45. The van der Waals surface area contributed by atoms with E-state index in [4.69, 9.17) is 9.47 Å². The number of ketones is 1. The van der Waals surface area contributed by atoms with Gasteiger partial charge in [-0.3, -0.25) is 4.79 Å². The summed E-state index contributed by atoms with van der Waals surface area (Å²) in [7, 11) is 3.20.